The monoisotopic (exact) mass is 447 g/mol. The first-order valence-corrected chi connectivity index (χ1v) is 11.8. The summed E-state index contributed by atoms with van der Waals surface area (Å²) in [5.41, 5.74) is 1.07. The molecule has 0 saturated carbocycles. The van der Waals surface area contributed by atoms with Crippen LogP contribution in [0.5, 0.6) is 5.75 Å². The molecule has 1 aromatic rings. The minimum atomic E-state index is -0.0450. The number of likely N-dealkylation sites (tertiary alicyclic amines) is 1. The molecule has 1 fully saturated rings. The second-order valence-electron chi connectivity index (χ2n) is 9.18. The van der Waals surface area contributed by atoms with E-state index < -0.39 is 0 Å². The summed E-state index contributed by atoms with van der Waals surface area (Å²) in [5.74, 6) is 1.25. The first kappa shape index (κ1) is 26.1. The Kier molecular flexibility index (Phi) is 11.0. The Morgan fingerprint density at radius 1 is 1.09 bits per heavy atom. The standard InChI is InChI=1S/C25H41N3O4/c1-18(2)24(20-7-9-22(31-5)10-8-20)27-23(29)17-28-14-11-21(12-15-28)25(30)26-13-6-16-32-19(3)4/h7-10,18-19,21,24H,6,11-17H2,1-5H3,(H,26,30)(H,27,29). The lowest BCUT2D eigenvalue weighted by molar-refractivity contribution is -0.127. The second kappa shape index (κ2) is 13.4. The topological polar surface area (TPSA) is 79.9 Å². The number of ether oxygens (including phenoxy) is 2. The van der Waals surface area contributed by atoms with Crippen molar-refractivity contribution < 1.29 is 19.1 Å². The molecule has 0 aromatic heterocycles. The number of methoxy groups -OCH3 is 1. The average Bonchev–Trinajstić information content (AvgIpc) is 2.77. The molecule has 1 heterocycles. The van der Waals surface area contributed by atoms with Gasteiger partial charge in [-0.05, 0) is 69.8 Å². The van der Waals surface area contributed by atoms with E-state index in [-0.39, 0.29) is 35.8 Å². The number of nitrogens with one attached hydrogen (secondary N) is 2. The van der Waals surface area contributed by atoms with Crippen LogP contribution in [-0.4, -0.2) is 62.7 Å². The summed E-state index contributed by atoms with van der Waals surface area (Å²) in [6, 6.07) is 7.80. The lowest BCUT2D eigenvalue weighted by Crippen LogP contribution is -2.45. The predicted octanol–water partition coefficient (Wildman–Crippen LogP) is 3.15. The molecule has 0 radical (unpaired) electrons. The highest BCUT2D eigenvalue weighted by Gasteiger charge is 2.26. The average molecular weight is 448 g/mol. The SMILES string of the molecule is COc1ccc(C(NC(=O)CN2CCC(C(=O)NCCCOC(C)C)CC2)C(C)C)cc1. The van der Waals surface area contributed by atoms with Crippen molar-refractivity contribution in [2.45, 2.75) is 59.1 Å². The molecular formula is C25H41N3O4. The Morgan fingerprint density at radius 3 is 2.31 bits per heavy atom. The zero-order valence-corrected chi connectivity index (χ0v) is 20.4. The highest BCUT2D eigenvalue weighted by atomic mass is 16.5. The Bertz CT molecular complexity index is 698. The van der Waals surface area contributed by atoms with Gasteiger partial charge in [-0.15, -0.1) is 0 Å². The van der Waals surface area contributed by atoms with Gasteiger partial charge in [0.05, 0.1) is 25.8 Å². The molecule has 1 atom stereocenters. The molecule has 1 aliphatic heterocycles. The van der Waals surface area contributed by atoms with Crippen LogP contribution >= 0.6 is 0 Å². The summed E-state index contributed by atoms with van der Waals surface area (Å²) in [6.45, 7) is 11.4. The number of carbonyl (C=O) groups is 2. The van der Waals surface area contributed by atoms with Crippen molar-refractivity contribution in [1.29, 1.82) is 0 Å². The van der Waals surface area contributed by atoms with Gasteiger partial charge < -0.3 is 20.1 Å². The van der Waals surface area contributed by atoms with Crippen LogP contribution in [0.4, 0.5) is 0 Å². The number of rotatable bonds is 12. The van der Waals surface area contributed by atoms with E-state index in [0.29, 0.717) is 19.7 Å². The first-order valence-electron chi connectivity index (χ1n) is 11.8. The maximum atomic E-state index is 12.7. The maximum absolute atomic E-state index is 12.7. The number of amides is 2. The van der Waals surface area contributed by atoms with E-state index >= 15 is 0 Å². The van der Waals surface area contributed by atoms with Crippen LogP contribution in [0.1, 0.15) is 58.6 Å². The molecule has 32 heavy (non-hydrogen) atoms. The van der Waals surface area contributed by atoms with Gasteiger partial charge in [0.15, 0.2) is 0 Å². The van der Waals surface area contributed by atoms with E-state index in [1.807, 2.05) is 38.1 Å². The van der Waals surface area contributed by atoms with Crippen LogP contribution in [-0.2, 0) is 14.3 Å². The molecular weight excluding hydrogens is 406 g/mol. The molecule has 1 unspecified atom stereocenters. The predicted molar refractivity (Wildman–Crippen MR) is 127 cm³/mol. The normalized spacial score (nSPS) is 16.2. The molecule has 1 aliphatic rings. The molecule has 7 nitrogen and oxygen atoms in total. The van der Waals surface area contributed by atoms with Crippen LogP contribution in [0, 0.1) is 11.8 Å². The largest absolute Gasteiger partial charge is 0.497 e. The van der Waals surface area contributed by atoms with Gasteiger partial charge in [0, 0.05) is 19.1 Å². The molecule has 1 saturated heterocycles. The Morgan fingerprint density at radius 2 is 1.75 bits per heavy atom. The van der Waals surface area contributed by atoms with Crippen molar-refractivity contribution in [2.75, 3.05) is 39.9 Å². The molecule has 0 spiro atoms. The van der Waals surface area contributed by atoms with Crippen LogP contribution < -0.4 is 15.4 Å². The zero-order valence-electron chi connectivity index (χ0n) is 20.4. The maximum Gasteiger partial charge on any atom is 0.234 e. The number of nitrogens with zero attached hydrogens (tertiary/aromatic N) is 1. The summed E-state index contributed by atoms with van der Waals surface area (Å²) in [7, 11) is 1.65. The third-order valence-corrected chi connectivity index (χ3v) is 5.86. The Hall–Kier alpha value is -2.12. The summed E-state index contributed by atoms with van der Waals surface area (Å²) in [6.07, 6.45) is 2.62. The number of benzene rings is 1. The fraction of sp³-hybridized carbons (Fsp3) is 0.680. The Balaban J connectivity index is 1.73. The molecule has 180 valence electrons. The second-order valence-corrected chi connectivity index (χ2v) is 9.18. The fourth-order valence-corrected chi connectivity index (χ4v) is 3.97. The van der Waals surface area contributed by atoms with Crippen molar-refractivity contribution in [1.82, 2.24) is 15.5 Å². The third kappa shape index (κ3) is 8.79. The lowest BCUT2D eigenvalue weighted by Gasteiger charge is -2.31. The van der Waals surface area contributed by atoms with Gasteiger partial charge in [0.25, 0.3) is 0 Å². The van der Waals surface area contributed by atoms with E-state index in [9.17, 15) is 9.59 Å². The van der Waals surface area contributed by atoms with Crippen molar-refractivity contribution in [3.8, 4) is 5.75 Å². The smallest absolute Gasteiger partial charge is 0.234 e. The van der Waals surface area contributed by atoms with Gasteiger partial charge in [-0.2, -0.15) is 0 Å². The van der Waals surface area contributed by atoms with Crippen molar-refractivity contribution in [2.24, 2.45) is 11.8 Å². The van der Waals surface area contributed by atoms with E-state index in [0.717, 1.165) is 43.7 Å². The van der Waals surface area contributed by atoms with Gasteiger partial charge >= 0.3 is 0 Å². The number of hydrogen-bond acceptors (Lipinski definition) is 5. The summed E-state index contributed by atoms with van der Waals surface area (Å²) < 4.78 is 10.7. The van der Waals surface area contributed by atoms with Gasteiger partial charge in [0.2, 0.25) is 11.8 Å². The van der Waals surface area contributed by atoms with Crippen molar-refractivity contribution in [3.05, 3.63) is 29.8 Å². The molecule has 7 heteroatoms. The summed E-state index contributed by atoms with van der Waals surface area (Å²) >= 11 is 0. The minimum Gasteiger partial charge on any atom is -0.497 e. The van der Waals surface area contributed by atoms with E-state index in [2.05, 4.69) is 29.4 Å². The highest BCUT2D eigenvalue weighted by Crippen LogP contribution is 2.24. The minimum absolute atomic E-state index is 0.0209. The van der Waals surface area contributed by atoms with Crippen LogP contribution in [0.2, 0.25) is 0 Å². The first-order chi connectivity index (χ1) is 15.3. The van der Waals surface area contributed by atoms with E-state index in [4.69, 9.17) is 9.47 Å². The number of piperidine rings is 1. The molecule has 1 aromatic carbocycles. The highest BCUT2D eigenvalue weighted by molar-refractivity contribution is 5.79. The van der Waals surface area contributed by atoms with Gasteiger partial charge in [0.1, 0.15) is 5.75 Å². The number of hydrogen-bond donors (Lipinski definition) is 2. The van der Waals surface area contributed by atoms with Crippen LogP contribution in [0.3, 0.4) is 0 Å². The van der Waals surface area contributed by atoms with Crippen LogP contribution in [0.15, 0.2) is 24.3 Å². The summed E-state index contributed by atoms with van der Waals surface area (Å²) in [4.78, 5) is 27.2. The Labute approximate surface area is 193 Å². The molecule has 0 bridgehead atoms. The molecule has 2 rings (SSSR count). The molecule has 2 N–H and O–H groups in total. The fourth-order valence-electron chi connectivity index (χ4n) is 3.97. The summed E-state index contributed by atoms with van der Waals surface area (Å²) in [5, 5.41) is 6.21. The molecule has 2 amide bonds. The van der Waals surface area contributed by atoms with Gasteiger partial charge in [-0.1, -0.05) is 26.0 Å². The van der Waals surface area contributed by atoms with E-state index in [1.165, 1.54) is 0 Å². The van der Waals surface area contributed by atoms with Crippen LogP contribution in [0.25, 0.3) is 0 Å². The zero-order chi connectivity index (χ0) is 23.5. The molecule has 0 aliphatic carbocycles. The quantitative estimate of drug-likeness (QED) is 0.481. The van der Waals surface area contributed by atoms with Gasteiger partial charge in [-0.25, -0.2) is 0 Å². The van der Waals surface area contributed by atoms with Gasteiger partial charge in [-0.3, -0.25) is 14.5 Å². The van der Waals surface area contributed by atoms with Crippen molar-refractivity contribution in [3.63, 3.8) is 0 Å². The van der Waals surface area contributed by atoms with Crippen molar-refractivity contribution >= 4 is 11.8 Å². The lowest BCUT2D eigenvalue weighted by atomic mass is 9.95. The number of carbonyl (C=O) groups excluding carboxylic acids is 2. The third-order valence-electron chi connectivity index (χ3n) is 5.86. The van der Waals surface area contributed by atoms with E-state index in [1.54, 1.807) is 7.11 Å².